The Bertz CT molecular complexity index is 446. The first-order valence-electron chi connectivity index (χ1n) is 3.66. The topological polar surface area (TPSA) is 52.6 Å². The van der Waals surface area contributed by atoms with Crippen molar-refractivity contribution in [1.82, 2.24) is 0 Å². The van der Waals surface area contributed by atoms with Crippen molar-refractivity contribution in [3.8, 4) is 0 Å². The van der Waals surface area contributed by atoms with Crippen LogP contribution in [0.1, 0.15) is 20.7 Å². The first-order valence-corrected chi connectivity index (χ1v) is 5.04. The summed E-state index contributed by atoms with van der Waals surface area (Å²) in [7, 11) is 0. The smallest absolute Gasteiger partial charge is 0.343 e. The predicted octanol–water partition coefficient (Wildman–Crippen LogP) is 3.61. The molecule has 0 N–H and O–H groups in total. The van der Waals surface area contributed by atoms with Gasteiger partial charge in [-0.1, -0.05) is 23.2 Å². The van der Waals surface area contributed by atoms with E-state index in [1.807, 2.05) is 0 Å². The molecule has 8 heteroatoms. The molecule has 16 heavy (non-hydrogen) atoms. The Morgan fingerprint density at radius 3 is 2.06 bits per heavy atom. The van der Waals surface area contributed by atoms with Crippen molar-refractivity contribution >= 4 is 58.9 Å². The molecule has 0 radical (unpaired) electrons. The zero-order valence-corrected chi connectivity index (χ0v) is 10.3. The van der Waals surface area contributed by atoms with Crippen molar-refractivity contribution < 1.29 is 18.2 Å². The summed E-state index contributed by atoms with van der Waals surface area (Å²) in [5.41, 5.74) is -0.509. The molecule has 0 saturated carbocycles. The van der Waals surface area contributed by atoms with E-state index in [-0.39, 0.29) is 21.2 Å². The van der Waals surface area contributed by atoms with E-state index in [0.717, 1.165) is 0 Å². The SMILES string of the molecule is O=C(OCl)c1ccc(Cl)c(Cl)c1C(=O)OCl. The first-order chi connectivity index (χ1) is 7.52. The van der Waals surface area contributed by atoms with E-state index in [1.165, 1.54) is 12.1 Å². The lowest BCUT2D eigenvalue weighted by atomic mass is 10.1. The maximum absolute atomic E-state index is 11.3. The molecule has 1 rings (SSSR count). The Morgan fingerprint density at radius 1 is 1.00 bits per heavy atom. The molecule has 0 aromatic heterocycles. The summed E-state index contributed by atoms with van der Waals surface area (Å²) >= 11 is 21.2. The molecule has 1 aromatic carbocycles. The highest BCUT2D eigenvalue weighted by atomic mass is 35.5. The maximum Gasteiger partial charge on any atom is 0.358 e. The number of rotatable bonds is 2. The Morgan fingerprint density at radius 2 is 1.56 bits per heavy atom. The molecule has 0 bridgehead atoms. The van der Waals surface area contributed by atoms with Crippen LogP contribution in [-0.2, 0) is 8.58 Å². The maximum atomic E-state index is 11.3. The fraction of sp³-hybridized carbons (Fsp3) is 0. The number of benzene rings is 1. The molecule has 0 aliphatic carbocycles. The largest absolute Gasteiger partial charge is 0.358 e. The van der Waals surface area contributed by atoms with E-state index >= 15 is 0 Å². The molecular weight excluding hydrogens is 302 g/mol. The highest BCUT2D eigenvalue weighted by Gasteiger charge is 2.24. The molecule has 0 amide bonds. The van der Waals surface area contributed by atoms with Gasteiger partial charge in [-0.15, -0.1) is 0 Å². The Balaban J connectivity index is 3.44. The minimum absolute atomic E-state index is 0.0601. The summed E-state index contributed by atoms with van der Waals surface area (Å²) < 4.78 is 7.89. The van der Waals surface area contributed by atoms with E-state index < -0.39 is 11.9 Å². The van der Waals surface area contributed by atoms with Crippen LogP contribution < -0.4 is 0 Å². The van der Waals surface area contributed by atoms with Crippen LogP contribution in [-0.4, -0.2) is 11.9 Å². The van der Waals surface area contributed by atoms with Crippen molar-refractivity contribution in [3.63, 3.8) is 0 Å². The van der Waals surface area contributed by atoms with Crippen molar-refractivity contribution in [3.05, 3.63) is 33.3 Å². The zero-order chi connectivity index (χ0) is 12.3. The average Bonchev–Trinajstić information content (AvgIpc) is 2.30. The third-order valence-corrected chi connectivity index (χ3v) is 2.74. The van der Waals surface area contributed by atoms with Crippen LogP contribution in [0.2, 0.25) is 10.0 Å². The molecular formula is C8H2Cl4O4. The summed E-state index contributed by atoms with van der Waals surface area (Å²) in [6.45, 7) is 0. The van der Waals surface area contributed by atoms with Crippen LogP contribution in [0.15, 0.2) is 12.1 Å². The zero-order valence-electron chi connectivity index (χ0n) is 7.30. The van der Waals surface area contributed by atoms with E-state index in [1.54, 1.807) is 0 Å². The summed E-state index contributed by atoms with van der Waals surface area (Å²) in [5, 5.41) is -0.114. The van der Waals surface area contributed by atoms with Gasteiger partial charge in [0.25, 0.3) is 0 Å². The summed E-state index contributed by atoms with van der Waals surface area (Å²) in [5.74, 6) is -2.01. The van der Waals surface area contributed by atoms with E-state index in [0.29, 0.717) is 0 Å². The molecule has 0 aliphatic rings. The van der Waals surface area contributed by atoms with Crippen molar-refractivity contribution in [2.24, 2.45) is 0 Å². The van der Waals surface area contributed by atoms with Crippen LogP contribution in [0.5, 0.6) is 0 Å². The monoisotopic (exact) mass is 302 g/mol. The molecule has 4 nitrogen and oxygen atoms in total. The van der Waals surface area contributed by atoms with Gasteiger partial charge in [0.2, 0.25) is 0 Å². The van der Waals surface area contributed by atoms with Gasteiger partial charge in [0.1, 0.15) is 23.7 Å². The summed E-state index contributed by atoms with van der Waals surface area (Å²) in [6, 6.07) is 2.51. The van der Waals surface area contributed by atoms with Gasteiger partial charge in [-0.25, -0.2) is 9.59 Å². The lowest BCUT2D eigenvalue weighted by Crippen LogP contribution is -2.10. The van der Waals surface area contributed by atoms with Gasteiger partial charge in [0.05, 0.1) is 21.2 Å². The number of hydrogen-bond acceptors (Lipinski definition) is 4. The molecule has 0 spiro atoms. The molecule has 0 fully saturated rings. The Kier molecular flexibility index (Phi) is 4.68. The predicted molar refractivity (Wildman–Crippen MR) is 59.0 cm³/mol. The normalized spacial score (nSPS) is 9.75. The lowest BCUT2D eigenvalue weighted by molar-refractivity contribution is 0.0709. The number of carbonyl (C=O) groups is 2. The second kappa shape index (κ2) is 5.59. The standard InChI is InChI=1S/C8H2Cl4O4/c9-4-2-1-3(7(13)15-11)5(6(4)10)8(14)16-12/h1-2H. The van der Waals surface area contributed by atoms with Crippen molar-refractivity contribution in [2.45, 2.75) is 0 Å². The van der Waals surface area contributed by atoms with Gasteiger partial charge in [0.15, 0.2) is 0 Å². The Hall–Kier alpha value is -0.680. The molecule has 0 atom stereocenters. The summed E-state index contributed by atoms with van der Waals surface area (Å²) in [6.07, 6.45) is 0. The summed E-state index contributed by atoms with van der Waals surface area (Å²) in [4.78, 5) is 22.5. The van der Waals surface area contributed by atoms with E-state index in [4.69, 9.17) is 46.9 Å². The van der Waals surface area contributed by atoms with Crippen molar-refractivity contribution in [1.29, 1.82) is 0 Å². The van der Waals surface area contributed by atoms with Crippen LogP contribution in [0, 0.1) is 0 Å². The van der Waals surface area contributed by atoms with Gasteiger partial charge in [0, 0.05) is 0 Å². The molecule has 0 saturated heterocycles. The lowest BCUT2D eigenvalue weighted by Gasteiger charge is -2.06. The van der Waals surface area contributed by atoms with Gasteiger partial charge >= 0.3 is 11.9 Å². The second-order valence-corrected chi connectivity index (χ2v) is 3.61. The van der Waals surface area contributed by atoms with Gasteiger partial charge in [-0.3, -0.25) is 0 Å². The van der Waals surface area contributed by atoms with Crippen LogP contribution in [0.3, 0.4) is 0 Å². The highest BCUT2D eigenvalue weighted by molar-refractivity contribution is 6.44. The fourth-order valence-corrected chi connectivity index (χ4v) is 1.56. The first kappa shape index (κ1) is 13.4. The van der Waals surface area contributed by atoms with Gasteiger partial charge in [-0.2, -0.15) is 0 Å². The minimum Gasteiger partial charge on any atom is -0.343 e. The number of halogens is 4. The highest BCUT2D eigenvalue weighted by Crippen LogP contribution is 2.30. The van der Waals surface area contributed by atoms with E-state index in [9.17, 15) is 9.59 Å². The number of hydrogen-bond donors (Lipinski definition) is 0. The molecule has 0 aliphatic heterocycles. The minimum atomic E-state index is -1.04. The molecule has 0 unspecified atom stereocenters. The van der Waals surface area contributed by atoms with Crippen LogP contribution >= 0.6 is 46.9 Å². The van der Waals surface area contributed by atoms with Crippen LogP contribution in [0.25, 0.3) is 0 Å². The van der Waals surface area contributed by atoms with Gasteiger partial charge in [-0.05, 0) is 12.1 Å². The second-order valence-electron chi connectivity index (χ2n) is 2.51. The number of carbonyl (C=O) groups excluding carboxylic acids is 2. The van der Waals surface area contributed by atoms with E-state index in [2.05, 4.69) is 8.58 Å². The van der Waals surface area contributed by atoms with Crippen LogP contribution in [0.4, 0.5) is 0 Å². The Labute approximate surface area is 110 Å². The van der Waals surface area contributed by atoms with Gasteiger partial charge < -0.3 is 8.58 Å². The third kappa shape index (κ3) is 2.52. The third-order valence-electron chi connectivity index (χ3n) is 1.66. The molecule has 86 valence electrons. The molecule has 1 aromatic rings. The fourth-order valence-electron chi connectivity index (χ4n) is 1.00. The average molecular weight is 304 g/mol. The van der Waals surface area contributed by atoms with Crippen molar-refractivity contribution in [2.75, 3.05) is 0 Å². The quantitative estimate of drug-likeness (QED) is 0.837. The molecule has 0 heterocycles.